The van der Waals surface area contributed by atoms with Crippen LogP contribution < -0.4 is 10.1 Å². The van der Waals surface area contributed by atoms with E-state index in [1.165, 1.54) is 17.5 Å². The minimum Gasteiger partial charge on any atom is -0.497 e. The molecule has 0 atom stereocenters. The number of benzene rings is 2. The zero-order valence-corrected chi connectivity index (χ0v) is 16.1. The van der Waals surface area contributed by atoms with E-state index in [9.17, 15) is 17.6 Å². The molecule has 0 aliphatic heterocycles. The highest BCUT2D eigenvalue weighted by Gasteiger charge is 2.17. The molecule has 0 spiro atoms. The van der Waals surface area contributed by atoms with E-state index in [-0.39, 0.29) is 37.8 Å². The number of carbonyl (C=O) groups is 1. The van der Waals surface area contributed by atoms with Crippen molar-refractivity contribution in [3.05, 3.63) is 65.5 Å². The second kappa shape index (κ2) is 9.48. The standard InChI is InChI=1S/C19H23FN2O4S/c1-26-17-9-7-16(8-10-17)19(23)21-12-14-22(27(2,24)25)13-11-15-5-3-4-6-18(15)20/h3-10H,11-14H2,1-2H3,(H,21,23). The predicted molar refractivity (Wildman–Crippen MR) is 102 cm³/mol. The fourth-order valence-electron chi connectivity index (χ4n) is 2.53. The van der Waals surface area contributed by atoms with E-state index in [0.29, 0.717) is 16.9 Å². The lowest BCUT2D eigenvalue weighted by atomic mass is 10.1. The SMILES string of the molecule is COc1ccc(C(=O)NCCN(CCc2ccccc2F)S(C)(=O)=O)cc1. The molecule has 2 rings (SSSR count). The van der Waals surface area contributed by atoms with Crippen molar-refractivity contribution in [3.8, 4) is 5.75 Å². The third-order valence-electron chi connectivity index (χ3n) is 4.06. The Morgan fingerprint density at radius 2 is 1.78 bits per heavy atom. The predicted octanol–water partition coefficient (Wildman–Crippen LogP) is 2.07. The number of sulfonamides is 1. The molecule has 0 radical (unpaired) electrons. The average Bonchev–Trinajstić information content (AvgIpc) is 2.64. The highest BCUT2D eigenvalue weighted by Crippen LogP contribution is 2.11. The van der Waals surface area contributed by atoms with Gasteiger partial charge in [-0.15, -0.1) is 0 Å². The van der Waals surface area contributed by atoms with Gasteiger partial charge in [-0.25, -0.2) is 17.1 Å². The lowest BCUT2D eigenvalue weighted by Gasteiger charge is -2.20. The third kappa shape index (κ3) is 6.33. The first-order valence-corrected chi connectivity index (χ1v) is 10.3. The Morgan fingerprint density at radius 1 is 1.11 bits per heavy atom. The van der Waals surface area contributed by atoms with E-state index in [2.05, 4.69) is 5.32 Å². The zero-order valence-electron chi connectivity index (χ0n) is 15.3. The number of nitrogens with one attached hydrogen (secondary N) is 1. The maximum Gasteiger partial charge on any atom is 0.251 e. The number of rotatable bonds is 9. The van der Waals surface area contributed by atoms with Crippen LogP contribution in [0.4, 0.5) is 4.39 Å². The highest BCUT2D eigenvalue weighted by atomic mass is 32.2. The number of amides is 1. The summed E-state index contributed by atoms with van der Waals surface area (Å²) in [5, 5.41) is 2.69. The van der Waals surface area contributed by atoms with Crippen molar-refractivity contribution in [1.29, 1.82) is 0 Å². The maximum absolute atomic E-state index is 13.7. The number of hydrogen-bond acceptors (Lipinski definition) is 4. The molecule has 0 aromatic heterocycles. The molecule has 8 heteroatoms. The molecule has 27 heavy (non-hydrogen) atoms. The molecular formula is C19H23FN2O4S. The molecule has 1 N–H and O–H groups in total. The number of nitrogens with zero attached hydrogens (tertiary/aromatic N) is 1. The largest absolute Gasteiger partial charge is 0.497 e. The van der Waals surface area contributed by atoms with Gasteiger partial charge in [0, 0.05) is 25.2 Å². The van der Waals surface area contributed by atoms with Crippen molar-refractivity contribution in [2.45, 2.75) is 6.42 Å². The maximum atomic E-state index is 13.7. The van der Waals surface area contributed by atoms with Crippen molar-refractivity contribution in [3.63, 3.8) is 0 Å². The molecule has 0 saturated carbocycles. The molecule has 6 nitrogen and oxygen atoms in total. The van der Waals surface area contributed by atoms with Crippen molar-refractivity contribution < 1.29 is 22.3 Å². The number of methoxy groups -OCH3 is 1. The first-order chi connectivity index (χ1) is 12.8. The minimum atomic E-state index is -3.48. The number of halogens is 1. The summed E-state index contributed by atoms with van der Waals surface area (Å²) in [7, 11) is -1.94. The molecule has 0 fully saturated rings. The van der Waals surface area contributed by atoms with Gasteiger partial charge >= 0.3 is 0 Å². The Morgan fingerprint density at radius 3 is 2.37 bits per heavy atom. The van der Waals surface area contributed by atoms with Crippen LogP contribution in [0.1, 0.15) is 15.9 Å². The molecule has 0 aliphatic carbocycles. The normalized spacial score (nSPS) is 11.4. The summed E-state index contributed by atoms with van der Waals surface area (Å²) in [4.78, 5) is 12.1. The lowest BCUT2D eigenvalue weighted by Crippen LogP contribution is -2.39. The molecule has 2 aromatic rings. The van der Waals surface area contributed by atoms with E-state index in [1.54, 1.807) is 42.5 Å². The van der Waals surface area contributed by atoms with Gasteiger partial charge in [-0.2, -0.15) is 0 Å². The molecule has 0 heterocycles. The Hall–Kier alpha value is -2.45. The second-order valence-electron chi connectivity index (χ2n) is 5.99. The van der Waals surface area contributed by atoms with Gasteiger partial charge < -0.3 is 10.1 Å². The lowest BCUT2D eigenvalue weighted by molar-refractivity contribution is 0.0951. The summed E-state index contributed by atoms with van der Waals surface area (Å²) in [6.45, 7) is 0.391. The van der Waals surface area contributed by atoms with Crippen LogP contribution in [-0.2, 0) is 16.4 Å². The molecule has 0 aliphatic rings. The third-order valence-corrected chi connectivity index (χ3v) is 5.36. The summed E-state index contributed by atoms with van der Waals surface area (Å²) in [6, 6.07) is 12.9. The smallest absolute Gasteiger partial charge is 0.251 e. The first-order valence-electron chi connectivity index (χ1n) is 8.42. The molecule has 0 saturated heterocycles. The van der Waals surface area contributed by atoms with Gasteiger partial charge in [-0.3, -0.25) is 4.79 Å². The van der Waals surface area contributed by atoms with E-state index >= 15 is 0 Å². The number of hydrogen-bond donors (Lipinski definition) is 1. The van der Waals surface area contributed by atoms with Crippen LogP contribution in [0.3, 0.4) is 0 Å². The van der Waals surface area contributed by atoms with Crippen LogP contribution in [0.25, 0.3) is 0 Å². The van der Waals surface area contributed by atoms with Crippen LogP contribution in [-0.4, -0.2) is 51.6 Å². The average molecular weight is 394 g/mol. The van der Waals surface area contributed by atoms with Crippen LogP contribution >= 0.6 is 0 Å². The summed E-state index contributed by atoms with van der Waals surface area (Å²) in [5.41, 5.74) is 0.904. The highest BCUT2D eigenvalue weighted by molar-refractivity contribution is 7.88. The van der Waals surface area contributed by atoms with Gasteiger partial charge in [0.1, 0.15) is 11.6 Å². The van der Waals surface area contributed by atoms with E-state index in [1.807, 2.05) is 0 Å². The van der Waals surface area contributed by atoms with Gasteiger partial charge in [0.2, 0.25) is 10.0 Å². The monoisotopic (exact) mass is 394 g/mol. The summed E-state index contributed by atoms with van der Waals surface area (Å²) in [5.74, 6) is -0.0260. The fourth-order valence-corrected chi connectivity index (χ4v) is 3.37. The molecule has 1 amide bonds. The fraction of sp³-hybridized carbons (Fsp3) is 0.316. The van der Waals surface area contributed by atoms with Gasteiger partial charge in [0.15, 0.2) is 0 Å². The Labute approximate surface area is 159 Å². The van der Waals surface area contributed by atoms with Crippen molar-refractivity contribution >= 4 is 15.9 Å². The second-order valence-corrected chi connectivity index (χ2v) is 7.97. The molecule has 0 unspecified atom stereocenters. The molecule has 146 valence electrons. The number of ether oxygens (including phenoxy) is 1. The summed E-state index contributed by atoms with van der Waals surface area (Å²) < 4.78 is 43.9. The van der Waals surface area contributed by atoms with Gasteiger partial charge in [0.25, 0.3) is 5.91 Å². The van der Waals surface area contributed by atoms with Gasteiger partial charge in [-0.05, 0) is 42.3 Å². The van der Waals surface area contributed by atoms with Crippen LogP contribution in [0.2, 0.25) is 0 Å². The quantitative estimate of drug-likeness (QED) is 0.707. The zero-order chi connectivity index (χ0) is 19.9. The van der Waals surface area contributed by atoms with Gasteiger partial charge in [-0.1, -0.05) is 18.2 Å². The van der Waals surface area contributed by atoms with Crippen molar-refractivity contribution in [2.75, 3.05) is 33.0 Å². The topological polar surface area (TPSA) is 75.7 Å². The molecular weight excluding hydrogens is 371 g/mol. The van der Waals surface area contributed by atoms with Gasteiger partial charge in [0.05, 0.1) is 13.4 Å². The van der Waals surface area contributed by atoms with Crippen molar-refractivity contribution in [1.82, 2.24) is 9.62 Å². The number of carbonyl (C=O) groups excluding carboxylic acids is 1. The van der Waals surface area contributed by atoms with Crippen molar-refractivity contribution in [2.24, 2.45) is 0 Å². The Kier molecular flexibility index (Phi) is 7.32. The van der Waals surface area contributed by atoms with E-state index < -0.39 is 10.0 Å². The molecule has 2 aromatic carbocycles. The minimum absolute atomic E-state index is 0.106. The van der Waals surface area contributed by atoms with E-state index in [0.717, 1.165) is 6.26 Å². The van der Waals surface area contributed by atoms with Crippen LogP contribution in [0.15, 0.2) is 48.5 Å². The molecule has 0 bridgehead atoms. The Balaban J connectivity index is 1.90. The summed E-state index contributed by atoms with van der Waals surface area (Å²) >= 11 is 0. The van der Waals surface area contributed by atoms with Crippen LogP contribution in [0.5, 0.6) is 5.75 Å². The van der Waals surface area contributed by atoms with E-state index in [4.69, 9.17) is 4.74 Å². The summed E-state index contributed by atoms with van der Waals surface area (Å²) in [6.07, 6.45) is 1.35. The first kappa shape index (κ1) is 20.9. The van der Waals surface area contributed by atoms with Crippen LogP contribution in [0, 0.1) is 5.82 Å². The Bertz CT molecular complexity index is 870.